The molecule has 6 nitrogen and oxygen atoms in total. The van der Waals surface area contributed by atoms with E-state index in [4.69, 9.17) is 4.74 Å². The fraction of sp³-hybridized carbons (Fsp3) is 0.364. The molecule has 1 amide bonds. The highest BCUT2D eigenvalue weighted by atomic mass is 16.5. The first-order valence-electron chi connectivity index (χ1n) is 9.84. The molecule has 0 radical (unpaired) electrons. The van der Waals surface area contributed by atoms with Crippen LogP contribution in [-0.2, 0) is 11.2 Å². The Morgan fingerprint density at radius 1 is 1.11 bits per heavy atom. The van der Waals surface area contributed by atoms with Gasteiger partial charge in [0.2, 0.25) is 0 Å². The number of aromatic amines is 1. The molecule has 1 N–H and O–H groups in total. The van der Waals surface area contributed by atoms with Crippen molar-refractivity contribution in [3.63, 3.8) is 0 Å². The van der Waals surface area contributed by atoms with Gasteiger partial charge in [-0.2, -0.15) is 0 Å². The number of aromatic nitrogens is 2. The average Bonchev–Trinajstić information content (AvgIpc) is 3.08. The molecule has 0 bridgehead atoms. The van der Waals surface area contributed by atoms with Crippen LogP contribution in [0.3, 0.4) is 0 Å². The van der Waals surface area contributed by atoms with Gasteiger partial charge in [-0.05, 0) is 49.1 Å². The van der Waals surface area contributed by atoms with Crippen molar-refractivity contribution in [2.24, 2.45) is 0 Å². The molecule has 1 aliphatic heterocycles. The maximum atomic E-state index is 12.5. The zero-order chi connectivity index (χ0) is 19.5. The summed E-state index contributed by atoms with van der Waals surface area (Å²) in [5.74, 6) is 0.704. The van der Waals surface area contributed by atoms with Gasteiger partial charge >= 0.3 is 5.69 Å². The third-order valence-corrected chi connectivity index (χ3v) is 5.50. The standard InChI is InChI=1S/C22H25N3O3/c1-2-16-7-9-18(10-8-16)28-15-21(26)24-13-11-17(12-14-24)25-20-6-4-3-5-19(20)23-22(25)27/h3-10,17H,2,11-15H2,1H3,(H,23,27). The van der Waals surface area contributed by atoms with Crippen molar-refractivity contribution in [2.75, 3.05) is 19.7 Å². The van der Waals surface area contributed by atoms with Crippen molar-refractivity contribution in [1.29, 1.82) is 0 Å². The molecular formula is C22H25N3O3. The molecular weight excluding hydrogens is 354 g/mol. The Morgan fingerprint density at radius 3 is 2.54 bits per heavy atom. The topological polar surface area (TPSA) is 67.3 Å². The molecule has 0 spiro atoms. The van der Waals surface area contributed by atoms with Gasteiger partial charge in [0.25, 0.3) is 5.91 Å². The Morgan fingerprint density at radius 2 is 1.82 bits per heavy atom. The highest BCUT2D eigenvalue weighted by Gasteiger charge is 2.26. The molecule has 4 rings (SSSR count). The van der Waals surface area contributed by atoms with Crippen molar-refractivity contribution < 1.29 is 9.53 Å². The summed E-state index contributed by atoms with van der Waals surface area (Å²) in [5.41, 5.74) is 2.95. The summed E-state index contributed by atoms with van der Waals surface area (Å²) in [4.78, 5) is 29.6. The Labute approximate surface area is 163 Å². The maximum absolute atomic E-state index is 12.5. The van der Waals surface area contributed by atoms with Gasteiger partial charge in [-0.1, -0.05) is 31.2 Å². The second-order valence-electron chi connectivity index (χ2n) is 7.22. The first-order valence-corrected chi connectivity index (χ1v) is 9.84. The first-order chi connectivity index (χ1) is 13.7. The van der Waals surface area contributed by atoms with Crippen LogP contribution >= 0.6 is 0 Å². The third-order valence-electron chi connectivity index (χ3n) is 5.50. The number of hydrogen-bond acceptors (Lipinski definition) is 3. The molecule has 2 heterocycles. The number of amides is 1. The molecule has 3 aromatic rings. The number of benzene rings is 2. The van der Waals surface area contributed by atoms with Crippen LogP contribution < -0.4 is 10.4 Å². The van der Waals surface area contributed by atoms with Crippen molar-refractivity contribution in [3.8, 4) is 5.75 Å². The molecule has 1 aromatic heterocycles. The van der Waals surface area contributed by atoms with Crippen LogP contribution in [0, 0.1) is 0 Å². The van der Waals surface area contributed by atoms with Gasteiger partial charge < -0.3 is 14.6 Å². The molecule has 1 saturated heterocycles. The van der Waals surface area contributed by atoms with Crippen molar-refractivity contribution >= 4 is 16.9 Å². The number of nitrogens with zero attached hydrogens (tertiary/aromatic N) is 2. The SMILES string of the molecule is CCc1ccc(OCC(=O)N2CCC(n3c(=O)[nH]c4ccccc43)CC2)cc1. The van der Waals surface area contributed by atoms with E-state index in [1.54, 1.807) is 0 Å². The maximum Gasteiger partial charge on any atom is 0.326 e. The summed E-state index contributed by atoms with van der Waals surface area (Å²) in [7, 11) is 0. The van der Waals surface area contributed by atoms with E-state index in [2.05, 4.69) is 11.9 Å². The number of fused-ring (bicyclic) bond motifs is 1. The number of ether oxygens (including phenoxy) is 1. The minimum absolute atomic E-state index is 0.00992. The third kappa shape index (κ3) is 3.67. The van der Waals surface area contributed by atoms with Crippen LogP contribution in [-0.4, -0.2) is 40.1 Å². The smallest absolute Gasteiger partial charge is 0.326 e. The Balaban J connectivity index is 1.35. The predicted octanol–water partition coefficient (Wildman–Crippen LogP) is 3.13. The highest BCUT2D eigenvalue weighted by molar-refractivity contribution is 5.78. The van der Waals surface area contributed by atoms with E-state index in [9.17, 15) is 9.59 Å². The van der Waals surface area contributed by atoms with Gasteiger partial charge in [-0.25, -0.2) is 4.79 Å². The molecule has 1 aliphatic rings. The average molecular weight is 379 g/mol. The van der Waals surface area contributed by atoms with Crippen molar-refractivity contribution in [3.05, 3.63) is 64.6 Å². The summed E-state index contributed by atoms with van der Waals surface area (Å²) < 4.78 is 7.48. The largest absolute Gasteiger partial charge is 0.484 e. The number of likely N-dealkylation sites (tertiary alicyclic amines) is 1. The lowest BCUT2D eigenvalue weighted by atomic mass is 10.0. The van der Waals surface area contributed by atoms with Crippen LogP contribution in [0.25, 0.3) is 11.0 Å². The van der Waals surface area contributed by atoms with Crippen LogP contribution in [0.1, 0.15) is 31.4 Å². The van der Waals surface area contributed by atoms with Crippen LogP contribution in [0.2, 0.25) is 0 Å². The lowest BCUT2D eigenvalue weighted by Gasteiger charge is -2.32. The number of carbonyl (C=O) groups excluding carboxylic acids is 1. The van der Waals surface area contributed by atoms with E-state index in [0.29, 0.717) is 18.8 Å². The zero-order valence-corrected chi connectivity index (χ0v) is 16.1. The Kier molecular flexibility index (Phi) is 5.19. The summed E-state index contributed by atoms with van der Waals surface area (Å²) in [6.45, 7) is 3.41. The minimum Gasteiger partial charge on any atom is -0.484 e. The lowest BCUT2D eigenvalue weighted by molar-refractivity contribution is -0.134. The molecule has 1 fully saturated rings. The van der Waals surface area contributed by atoms with E-state index < -0.39 is 0 Å². The fourth-order valence-corrected chi connectivity index (χ4v) is 3.87. The Bertz CT molecular complexity index is 1010. The number of piperidine rings is 1. The molecule has 0 saturated carbocycles. The summed E-state index contributed by atoms with van der Waals surface area (Å²) >= 11 is 0. The van der Waals surface area contributed by atoms with E-state index in [0.717, 1.165) is 30.3 Å². The summed E-state index contributed by atoms with van der Waals surface area (Å²) in [6.07, 6.45) is 2.51. The van der Waals surface area contributed by atoms with E-state index in [1.807, 2.05) is 58.0 Å². The predicted molar refractivity (Wildman–Crippen MR) is 109 cm³/mol. The van der Waals surface area contributed by atoms with Gasteiger partial charge in [-0.3, -0.25) is 9.36 Å². The van der Waals surface area contributed by atoms with Gasteiger partial charge in [0.1, 0.15) is 5.75 Å². The second kappa shape index (κ2) is 7.92. The fourth-order valence-electron chi connectivity index (χ4n) is 3.87. The molecule has 6 heteroatoms. The number of nitrogens with one attached hydrogen (secondary N) is 1. The molecule has 0 unspecified atom stereocenters. The van der Waals surface area contributed by atoms with Gasteiger partial charge in [-0.15, -0.1) is 0 Å². The molecule has 0 aliphatic carbocycles. The number of H-pyrrole nitrogens is 1. The van der Waals surface area contributed by atoms with Gasteiger partial charge in [0.05, 0.1) is 11.0 Å². The number of rotatable bonds is 5. The summed E-state index contributed by atoms with van der Waals surface area (Å²) in [6, 6.07) is 15.7. The van der Waals surface area contributed by atoms with Crippen LogP contribution in [0.15, 0.2) is 53.3 Å². The molecule has 0 atom stereocenters. The second-order valence-corrected chi connectivity index (χ2v) is 7.22. The van der Waals surface area contributed by atoms with E-state index in [-0.39, 0.29) is 24.2 Å². The first kappa shape index (κ1) is 18.3. The quantitative estimate of drug-likeness (QED) is 0.741. The minimum atomic E-state index is -0.0789. The van der Waals surface area contributed by atoms with Gasteiger partial charge in [0, 0.05) is 19.1 Å². The number of carbonyl (C=O) groups is 1. The monoisotopic (exact) mass is 379 g/mol. The molecule has 28 heavy (non-hydrogen) atoms. The summed E-state index contributed by atoms with van der Waals surface area (Å²) in [5, 5.41) is 0. The van der Waals surface area contributed by atoms with Crippen molar-refractivity contribution in [2.45, 2.75) is 32.2 Å². The number of hydrogen-bond donors (Lipinski definition) is 1. The molecule has 146 valence electrons. The Hall–Kier alpha value is -3.02. The zero-order valence-electron chi connectivity index (χ0n) is 16.1. The number of aryl methyl sites for hydroxylation is 1. The number of imidazole rings is 1. The number of para-hydroxylation sites is 2. The molecule has 2 aromatic carbocycles. The van der Waals surface area contributed by atoms with E-state index >= 15 is 0 Å². The van der Waals surface area contributed by atoms with E-state index in [1.165, 1.54) is 5.56 Å². The normalized spacial score (nSPS) is 15.1. The highest BCUT2D eigenvalue weighted by Crippen LogP contribution is 2.25. The van der Waals surface area contributed by atoms with Gasteiger partial charge in [0.15, 0.2) is 6.61 Å². The van der Waals surface area contributed by atoms with Crippen LogP contribution in [0.5, 0.6) is 5.75 Å². The lowest BCUT2D eigenvalue weighted by Crippen LogP contribution is -2.42. The van der Waals surface area contributed by atoms with Crippen LogP contribution in [0.4, 0.5) is 0 Å². The van der Waals surface area contributed by atoms with Crippen molar-refractivity contribution in [1.82, 2.24) is 14.5 Å².